The molecule has 0 fully saturated rings. The van der Waals surface area contributed by atoms with Gasteiger partial charge in [0.1, 0.15) is 17.3 Å². The first-order valence-corrected chi connectivity index (χ1v) is 8.28. The summed E-state index contributed by atoms with van der Waals surface area (Å²) >= 11 is 6.08. The van der Waals surface area contributed by atoms with Crippen LogP contribution in [0.3, 0.4) is 0 Å². The maximum absolute atomic E-state index is 12.2. The summed E-state index contributed by atoms with van der Waals surface area (Å²) in [5.74, 6) is 0.949. The minimum atomic E-state index is -0.314. The average Bonchev–Trinajstić information content (AvgIpc) is 2.68. The number of nitrogens with zero attached hydrogens (tertiary/aromatic N) is 2. The Morgan fingerprint density at radius 3 is 2.69 bits per heavy atom. The number of anilines is 2. The number of benzene rings is 2. The predicted octanol–water partition coefficient (Wildman–Crippen LogP) is 3.81. The summed E-state index contributed by atoms with van der Waals surface area (Å²) in [6.45, 7) is 0.323. The lowest BCUT2D eigenvalue weighted by Gasteiger charge is -2.08. The van der Waals surface area contributed by atoms with E-state index in [1.54, 1.807) is 13.2 Å². The smallest absolute Gasteiger partial charge is 0.271 e. The van der Waals surface area contributed by atoms with E-state index in [-0.39, 0.29) is 11.6 Å². The van der Waals surface area contributed by atoms with E-state index in [2.05, 4.69) is 20.6 Å². The van der Waals surface area contributed by atoms with Crippen molar-refractivity contribution in [3.8, 4) is 5.75 Å². The van der Waals surface area contributed by atoms with Gasteiger partial charge in [-0.2, -0.15) is 0 Å². The summed E-state index contributed by atoms with van der Waals surface area (Å²) in [5.41, 5.74) is 1.88. The quantitative estimate of drug-likeness (QED) is 0.691. The highest BCUT2D eigenvalue weighted by molar-refractivity contribution is 6.31. The molecule has 3 rings (SSSR count). The van der Waals surface area contributed by atoms with Gasteiger partial charge in [0.15, 0.2) is 0 Å². The maximum atomic E-state index is 12.2. The van der Waals surface area contributed by atoms with Crippen LogP contribution in [0.1, 0.15) is 16.1 Å². The zero-order valence-electron chi connectivity index (χ0n) is 14.1. The van der Waals surface area contributed by atoms with Gasteiger partial charge in [0.05, 0.1) is 19.5 Å². The van der Waals surface area contributed by atoms with Crippen LogP contribution in [0.15, 0.2) is 60.9 Å². The molecule has 0 radical (unpaired) electrons. The third-order valence-electron chi connectivity index (χ3n) is 3.62. The number of aromatic nitrogens is 2. The molecule has 0 aliphatic carbocycles. The van der Waals surface area contributed by atoms with Crippen LogP contribution >= 0.6 is 11.6 Å². The zero-order valence-corrected chi connectivity index (χ0v) is 14.8. The Labute approximate surface area is 156 Å². The van der Waals surface area contributed by atoms with E-state index in [1.807, 2.05) is 42.5 Å². The fourth-order valence-corrected chi connectivity index (χ4v) is 2.47. The third kappa shape index (κ3) is 4.49. The first kappa shape index (κ1) is 17.7. The first-order chi connectivity index (χ1) is 12.7. The van der Waals surface area contributed by atoms with Gasteiger partial charge < -0.3 is 15.4 Å². The Bertz CT molecular complexity index is 900. The van der Waals surface area contributed by atoms with E-state index in [0.29, 0.717) is 17.4 Å². The SMILES string of the molecule is COc1cccc(Nc2cnc(C(=O)NCc3ccccc3Cl)cn2)c1. The Morgan fingerprint density at radius 1 is 1.12 bits per heavy atom. The van der Waals surface area contributed by atoms with Crippen LogP contribution in [0.25, 0.3) is 0 Å². The number of nitrogens with one attached hydrogen (secondary N) is 2. The van der Waals surface area contributed by atoms with Gasteiger partial charge in [0, 0.05) is 23.3 Å². The molecule has 1 aromatic heterocycles. The van der Waals surface area contributed by atoms with E-state index in [9.17, 15) is 4.79 Å². The van der Waals surface area contributed by atoms with Crippen LogP contribution in [0, 0.1) is 0 Å². The molecule has 0 spiro atoms. The number of halogens is 1. The topological polar surface area (TPSA) is 76.1 Å². The highest BCUT2D eigenvalue weighted by atomic mass is 35.5. The van der Waals surface area contributed by atoms with E-state index in [0.717, 1.165) is 17.0 Å². The molecule has 0 atom stereocenters. The van der Waals surface area contributed by atoms with Crippen molar-refractivity contribution < 1.29 is 9.53 Å². The van der Waals surface area contributed by atoms with E-state index in [1.165, 1.54) is 12.4 Å². The highest BCUT2D eigenvalue weighted by Gasteiger charge is 2.09. The van der Waals surface area contributed by atoms with Gasteiger partial charge >= 0.3 is 0 Å². The van der Waals surface area contributed by atoms with Crippen LogP contribution in [-0.2, 0) is 6.54 Å². The van der Waals surface area contributed by atoms with Crippen molar-refractivity contribution in [3.63, 3.8) is 0 Å². The maximum Gasteiger partial charge on any atom is 0.271 e. The van der Waals surface area contributed by atoms with E-state index in [4.69, 9.17) is 16.3 Å². The molecule has 1 amide bonds. The molecule has 0 saturated carbocycles. The molecule has 0 aliphatic rings. The van der Waals surface area contributed by atoms with Crippen molar-refractivity contribution in [1.82, 2.24) is 15.3 Å². The molecule has 1 heterocycles. The minimum Gasteiger partial charge on any atom is -0.497 e. The number of amides is 1. The first-order valence-electron chi connectivity index (χ1n) is 7.90. The van der Waals surface area contributed by atoms with E-state index < -0.39 is 0 Å². The fraction of sp³-hybridized carbons (Fsp3) is 0.105. The molecule has 0 saturated heterocycles. The number of carbonyl (C=O) groups excluding carboxylic acids is 1. The second-order valence-corrected chi connectivity index (χ2v) is 5.83. The number of rotatable bonds is 6. The van der Waals surface area contributed by atoms with Crippen LogP contribution in [-0.4, -0.2) is 23.0 Å². The molecular formula is C19H17ClN4O2. The van der Waals surface area contributed by atoms with Crippen LogP contribution < -0.4 is 15.4 Å². The zero-order chi connectivity index (χ0) is 18.4. The van der Waals surface area contributed by atoms with Gasteiger partial charge in [-0.25, -0.2) is 9.97 Å². The van der Waals surface area contributed by atoms with Crippen LogP contribution in [0.2, 0.25) is 5.02 Å². The van der Waals surface area contributed by atoms with Crippen molar-refractivity contribution in [2.75, 3.05) is 12.4 Å². The third-order valence-corrected chi connectivity index (χ3v) is 3.99. The molecule has 26 heavy (non-hydrogen) atoms. The Balaban J connectivity index is 1.61. The summed E-state index contributed by atoms with van der Waals surface area (Å²) in [7, 11) is 1.61. The van der Waals surface area contributed by atoms with E-state index >= 15 is 0 Å². The normalized spacial score (nSPS) is 10.2. The molecule has 3 aromatic rings. The number of carbonyl (C=O) groups is 1. The van der Waals surface area contributed by atoms with Gasteiger partial charge in [0.25, 0.3) is 5.91 Å². The van der Waals surface area contributed by atoms with Crippen molar-refractivity contribution >= 4 is 29.0 Å². The molecule has 0 aliphatic heterocycles. The Hall–Kier alpha value is -3.12. The fourth-order valence-electron chi connectivity index (χ4n) is 2.27. The molecular weight excluding hydrogens is 352 g/mol. The molecule has 2 aromatic carbocycles. The van der Waals surface area contributed by atoms with Crippen LogP contribution in [0.4, 0.5) is 11.5 Å². The van der Waals surface area contributed by atoms with Crippen molar-refractivity contribution in [2.24, 2.45) is 0 Å². The summed E-state index contributed by atoms with van der Waals surface area (Å²) in [6, 6.07) is 14.8. The largest absolute Gasteiger partial charge is 0.497 e. The van der Waals surface area contributed by atoms with Gasteiger partial charge in [-0.1, -0.05) is 35.9 Å². The molecule has 2 N–H and O–H groups in total. The molecule has 6 nitrogen and oxygen atoms in total. The lowest BCUT2D eigenvalue weighted by atomic mass is 10.2. The predicted molar refractivity (Wildman–Crippen MR) is 101 cm³/mol. The number of ether oxygens (including phenoxy) is 1. The van der Waals surface area contributed by atoms with Crippen molar-refractivity contribution in [1.29, 1.82) is 0 Å². The molecule has 0 unspecified atom stereocenters. The second kappa shape index (κ2) is 8.31. The standard InChI is InChI=1S/C19H17ClN4O2/c1-26-15-7-4-6-14(9-15)24-18-12-21-17(11-22-18)19(25)23-10-13-5-2-3-8-16(13)20/h2-9,11-12H,10H2,1H3,(H,22,24)(H,23,25). The van der Waals surface area contributed by atoms with Crippen LogP contribution in [0.5, 0.6) is 5.75 Å². The number of methoxy groups -OCH3 is 1. The van der Waals surface area contributed by atoms with Gasteiger partial charge in [-0.3, -0.25) is 4.79 Å². The Kier molecular flexibility index (Phi) is 5.66. The lowest BCUT2D eigenvalue weighted by molar-refractivity contribution is 0.0945. The summed E-state index contributed by atoms with van der Waals surface area (Å²) < 4.78 is 5.18. The van der Waals surface area contributed by atoms with Gasteiger partial charge in [0.2, 0.25) is 0 Å². The number of hydrogen-bond acceptors (Lipinski definition) is 5. The van der Waals surface area contributed by atoms with Crippen molar-refractivity contribution in [3.05, 3.63) is 77.2 Å². The lowest BCUT2D eigenvalue weighted by Crippen LogP contribution is -2.24. The van der Waals surface area contributed by atoms with Gasteiger partial charge in [-0.15, -0.1) is 0 Å². The number of hydrogen-bond donors (Lipinski definition) is 2. The molecule has 0 bridgehead atoms. The van der Waals surface area contributed by atoms with Crippen molar-refractivity contribution in [2.45, 2.75) is 6.54 Å². The second-order valence-electron chi connectivity index (χ2n) is 5.42. The monoisotopic (exact) mass is 368 g/mol. The molecule has 132 valence electrons. The minimum absolute atomic E-state index is 0.230. The summed E-state index contributed by atoms with van der Waals surface area (Å²) in [6.07, 6.45) is 2.92. The molecule has 7 heteroatoms. The van der Waals surface area contributed by atoms with Gasteiger partial charge in [-0.05, 0) is 23.8 Å². The highest BCUT2D eigenvalue weighted by Crippen LogP contribution is 2.19. The summed E-state index contributed by atoms with van der Waals surface area (Å²) in [5, 5.41) is 6.49. The Morgan fingerprint density at radius 2 is 1.96 bits per heavy atom. The average molecular weight is 369 g/mol. The summed E-state index contributed by atoms with van der Waals surface area (Å²) in [4.78, 5) is 20.6.